The average Bonchev–Trinajstić information content (AvgIpc) is 2.84. The third kappa shape index (κ3) is 1.84. The van der Waals surface area contributed by atoms with E-state index in [2.05, 4.69) is 32.9 Å². The third-order valence-electron chi connectivity index (χ3n) is 2.74. The van der Waals surface area contributed by atoms with Gasteiger partial charge in [-0.2, -0.15) is 0 Å². The van der Waals surface area contributed by atoms with Crippen molar-refractivity contribution in [1.29, 1.82) is 0 Å². The maximum Gasteiger partial charge on any atom is 0.126 e. The van der Waals surface area contributed by atoms with Gasteiger partial charge in [0.05, 0.1) is 18.3 Å². The first-order valence-corrected chi connectivity index (χ1v) is 6.52. The van der Waals surface area contributed by atoms with E-state index in [4.69, 9.17) is 4.74 Å². The van der Waals surface area contributed by atoms with Crippen LogP contribution in [0, 0.1) is 3.57 Å². The van der Waals surface area contributed by atoms with Gasteiger partial charge in [0.15, 0.2) is 0 Å². The molecule has 0 fully saturated rings. The molecule has 0 atom stereocenters. The van der Waals surface area contributed by atoms with Gasteiger partial charge in [-0.3, -0.25) is 0 Å². The minimum absolute atomic E-state index is 0.831. The molecular formula is C13H10IN3O. The number of ether oxygens (including phenoxy) is 1. The van der Waals surface area contributed by atoms with Crippen molar-refractivity contribution in [3.05, 3.63) is 46.0 Å². The SMILES string of the molecule is COc1ccc(-n2nnc3c(I)cccc32)cc1. The lowest BCUT2D eigenvalue weighted by Crippen LogP contribution is -1.96. The molecule has 1 heterocycles. The molecule has 90 valence electrons. The number of halogens is 1. The first-order valence-electron chi connectivity index (χ1n) is 5.44. The van der Waals surface area contributed by atoms with Gasteiger partial charge < -0.3 is 4.74 Å². The van der Waals surface area contributed by atoms with Crippen LogP contribution >= 0.6 is 22.6 Å². The Bertz CT molecular complexity index is 691. The molecule has 0 saturated carbocycles. The Morgan fingerprint density at radius 3 is 2.61 bits per heavy atom. The minimum Gasteiger partial charge on any atom is -0.497 e. The van der Waals surface area contributed by atoms with Crippen molar-refractivity contribution in [3.63, 3.8) is 0 Å². The highest BCUT2D eigenvalue weighted by molar-refractivity contribution is 14.1. The van der Waals surface area contributed by atoms with Crippen molar-refractivity contribution >= 4 is 33.6 Å². The van der Waals surface area contributed by atoms with Crippen molar-refractivity contribution in [1.82, 2.24) is 15.0 Å². The van der Waals surface area contributed by atoms with Crippen LogP contribution in [-0.4, -0.2) is 22.1 Å². The standard InChI is InChI=1S/C13H10IN3O/c1-18-10-7-5-9(6-8-10)17-12-4-2-3-11(14)13(12)15-16-17/h2-8H,1H3. The zero-order chi connectivity index (χ0) is 12.5. The summed E-state index contributed by atoms with van der Waals surface area (Å²) in [6, 6.07) is 13.8. The van der Waals surface area contributed by atoms with E-state index in [1.54, 1.807) is 7.11 Å². The summed E-state index contributed by atoms with van der Waals surface area (Å²) in [4.78, 5) is 0. The van der Waals surface area contributed by atoms with Gasteiger partial charge in [0.2, 0.25) is 0 Å². The summed E-state index contributed by atoms with van der Waals surface area (Å²) >= 11 is 2.27. The molecule has 0 amide bonds. The molecule has 3 rings (SSSR count). The van der Waals surface area contributed by atoms with Crippen LogP contribution in [0.3, 0.4) is 0 Å². The normalized spacial score (nSPS) is 10.8. The Morgan fingerprint density at radius 1 is 1.11 bits per heavy atom. The maximum absolute atomic E-state index is 5.15. The first kappa shape index (κ1) is 11.5. The topological polar surface area (TPSA) is 39.9 Å². The van der Waals surface area contributed by atoms with Crippen molar-refractivity contribution in [2.24, 2.45) is 0 Å². The predicted octanol–water partition coefficient (Wildman–Crippen LogP) is 3.03. The summed E-state index contributed by atoms with van der Waals surface area (Å²) in [7, 11) is 1.65. The molecule has 0 saturated heterocycles. The fourth-order valence-electron chi connectivity index (χ4n) is 1.83. The Labute approximate surface area is 118 Å². The van der Waals surface area contributed by atoms with Crippen LogP contribution in [0.15, 0.2) is 42.5 Å². The summed E-state index contributed by atoms with van der Waals surface area (Å²) in [5.74, 6) is 0.831. The van der Waals surface area contributed by atoms with E-state index in [1.807, 2.05) is 47.1 Å². The van der Waals surface area contributed by atoms with E-state index >= 15 is 0 Å². The predicted molar refractivity (Wildman–Crippen MR) is 78.1 cm³/mol. The zero-order valence-electron chi connectivity index (χ0n) is 9.67. The number of hydrogen-bond acceptors (Lipinski definition) is 3. The van der Waals surface area contributed by atoms with Crippen LogP contribution in [0.5, 0.6) is 5.75 Å². The second-order valence-corrected chi connectivity index (χ2v) is 4.97. The highest BCUT2D eigenvalue weighted by atomic mass is 127. The Morgan fingerprint density at radius 2 is 1.89 bits per heavy atom. The highest BCUT2D eigenvalue weighted by Gasteiger charge is 2.08. The van der Waals surface area contributed by atoms with E-state index < -0.39 is 0 Å². The number of fused-ring (bicyclic) bond motifs is 1. The van der Waals surface area contributed by atoms with Crippen LogP contribution in [0.4, 0.5) is 0 Å². The lowest BCUT2D eigenvalue weighted by molar-refractivity contribution is 0.414. The minimum atomic E-state index is 0.831. The molecule has 0 aliphatic carbocycles. The molecule has 0 radical (unpaired) electrons. The van der Waals surface area contributed by atoms with Gasteiger partial charge in [-0.05, 0) is 59.0 Å². The molecule has 5 heteroatoms. The fraction of sp³-hybridized carbons (Fsp3) is 0.0769. The zero-order valence-corrected chi connectivity index (χ0v) is 11.8. The molecule has 4 nitrogen and oxygen atoms in total. The van der Waals surface area contributed by atoms with Gasteiger partial charge in [-0.1, -0.05) is 11.3 Å². The summed E-state index contributed by atoms with van der Waals surface area (Å²) in [5.41, 5.74) is 2.90. The summed E-state index contributed by atoms with van der Waals surface area (Å²) in [6.45, 7) is 0. The summed E-state index contributed by atoms with van der Waals surface area (Å²) < 4.78 is 8.08. The quantitative estimate of drug-likeness (QED) is 0.667. The van der Waals surface area contributed by atoms with Crippen molar-refractivity contribution in [2.75, 3.05) is 7.11 Å². The van der Waals surface area contributed by atoms with Gasteiger partial charge in [0, 0.05) is 3.57 Å². The lowest BCUT2D eigenvalue weighted by Gasteiger charge is -2.04. The molecule has 18 heavy (non-hydrogen) atoms. The van der Waals surface area contributed by atoms with E-state index in [-0.39, 0.29) is 0 Å². The van der Waals surface area contributed by atoms with E-state index in [0.717, 1.165) is 26.0 Å². The highest BCUT2D eigenvalue weighted by Crippen LogP contribution is 2.21. The van der Waals surface area contributed by atoms with Crippen LogP contribution in [0.2, 0.25) is 0 Å². The van der Waals surface area contributed by atoms with Gasteiger partial charge in [0.25, 0.3) is 0 Å². The van der Waals surface area contributed by atoms with Crippen LogP contribution in [-0.2, 0) is 0 Å². The number of aromatic nitrogens is 3. The van der Waals surface area contributed by atoms with Crippen molar-refractivity contribution in [2.45, 2.75) is 0 Å². The Kier molecular flexibility index (Phi) is 2.91. The van der Waals surface area contributed by atoms with Gasteiger partial charge >= 0.3 is 0 Å². The second-order valence-electron chi connectivity index (χ2n) is 3.81. The first-order chi connectivity index (χ1) is 8.79. The number of methoxy groups -OCH3 is 1. The molecular weight excluding hydrogens is 341 g/mol. The maximum atomic E-state index is 5.15. The molecule has 1 aromatic heterocycles. The number of rotatable bonds is 2. The Balaban J connectivity index is 2.16. The smallest absolute Gasteiger partial charge is 0.126 e. The van der Waals surface area contributed by atoms with E-state index in [1.165, 1.54) is 0 Å². The number of nitrogens with zero attached hydrogens (tertiary/aromatic N) is 3. The van der Waals surface area contributed by atoms with Crippen LogP contribution in [0.1, 0.15) is 0 Å². The second kappa shape index (κ2) is 4.56. The monoisotopic (exact) mass is 351 g/mol. The van der Waals surface area contributed by atoms with Gasteiger partial charge in [-0.25, -0.2) is 4.68 Å². The molecule has 0 aliphatic rings. The van der Waals surface area contributed by atoms with Gasteiger partial charge in [-0.15, -0.1) is 5.10 Å². The molecule has 0 N–H and O–H groups in total. The van der Waals surface area contributed by atoms with Crippen LogP contribution in [0.25, 0.3) is 16.7 Å². The molecule has 0 bridgehead atoms. The molecule has 0 spiro atoms. The van der Waals surface area contributed by atoms with Gasteiger partial charge in [0.1, 0.15) is 11.3 Å². The molecule has 0 unspecified atom stereocenters. The molecule has 3 aromatic rings. The number of benzene rings is 2. The molecule has 0 aliphatic heterocycles. The third-order valence-corrected chi connectivity index (χ3v) is 3.62. The molecule has 2 aromatic carbocycles. The largest absolute Gasteiger partial charge is 0.497 e. The van der Waals surface area contributed by atoms with Crippen molar-refractivity contribution in [3.8, 4) is 11.4 Å². The van der Waals surface area contributed by atoms with Crippen molar-refractivity contribution < 1.29 is 4.74 Å². The lowest BCUT2D eigenvalue weighted by atomic mass is 10.3. The van der Waals surface area contributed by atoms with E-state index in [0.29, 0.717) is 0 Å². The summed E-state index contributed by atoms with van der Waals surface area (Å²) in [5, 5.41) is 8.41. The van der Waals surface area contributed by atoms with Crippen LogP contribution < -0.4 is 4.74 Å². The Hall–Kier alpha value is -1.63. The average molecular weight is 351 g/mol. The number of hydrogen-bond donors (Lipinski definition) is 0. The summed E-state index contributed by atoms with van der Waals surface area (Å²) in [6.07, 6.45) is 0. The van der Waals surface area contributed by atoms with E-state index in [9.17, 15) is 0 Å². The fourth-order valence-corrected chi connectivity index (χ4v) is 2.42.